The Labute approximate surface area is 136 Å². The van der Waals surface area contributed by atoms with Crippen molar-refractivity contribution < 1.29 is 32.7 Å². The molecule has 132 valence electrons. The molecular weight excluding hydrogens is 327 g/mol. The monoisotopic (exact) mass is 345 g/mol. The standard InChI is InChI=1S/C16H18F3NO4/c1-9-3-4-10(2)11(7-9)13(21)5-6-14(22)20-12(15(23)24)8-16(17,18)19/h3-4,7,12H,5-6,8H2,1-2H3,(H,20,22)(H,23,24). The minimum absolute atomic E-state index is 0.214. The van der Waals surface area contributed by atoms with Crippen molar-refractivity contribution in [3.05, 3.63) is 34.9 Å². The van der Waals surface area contributed by atoms with Crippen molar-refractivity contribution in [2.24, 2.45) is 0 Å². The van der Waals surface area contributed by atoms with E-state index in [2.05, 4.69) is 0 Å². The normalized spacial score (nSPS) is 12.5. The number of carboxylic acids is 1. The van der Waals surface area contributed by atoms with Crippen LogP contribution in [0.15, 0.2) is 18.2 Å². The number of halogens is 3. The van der Waals surface area contributed by atoms with Crippen molar-refractivity contribution >= 4 is 17.7 Å². The van der Waals surface area contributed by atoms with Crippen molar-refractivity contribution in [1.82, 2.24) is 5.32 Å². The molecular formula is C16H18F3NO4. The minimum Gasteiger partial charge on any atom is -0.480 e. The number of carbonyl (C=O) groups is 3. The summed E-state index contributed by atoms with van der Waals surface area (Å²) in [5.74, 6) is -3.01. The highest BCUT2D eigenvalue weighted by Gasteiger charge is 2.36. The van der Waals surface area contributed by atoms with Crippen LogP contribution in [0, 0.1) is 13.8 Å². The molecule has 2 N–H and O–H groups in total. The quantitative estimate of drug-likeness (QED) is 0.745. The molecule has 0 saturated carbocycles. The van der Waals surface area contributed by atoms with Gasteiger partial charge in [-0.15, -0.1) is 0 Å². The van der Waals surface area contributed by atoms with Gasteiger partial charge in [-0.2, -0.15) is 13.2 Å². The van der Waals surface area contributed by atoms with Crippen molar-refractivity contribution in [3.63, 3.8) is 0 Å². The van der Waals surface area contributed by atoms with Crippen LogP contribution in [0.1, 0.15) is 40.7 Å². The number of benzene rings is 1. The molecule has 1 aromatic rings. The maximum atomic E-state index is 12.3. The third-order valence-electron chi connectivity index (χ3n) is 3.34. The minimum atomic E-state index is -4.72. The number of nitrogens with one attached hydrogen (secondary N) is 1. The number of aryl methyl sites for hydroxylation is 2. The molecule has 0 radical (unpaired) electrons. The van der Waals surface area contributed by atoms with E-state index in [0.29, 0.717) is 5.56 Å². The van der Waals surface area contributed by atoms with Gasteiger partial charge in [-0.3, -0.25) is 9.59 Å². The first-order chi connectivity index (χ1) is 11.0. The van der Waals surface area contributed by atoms with Crippen LogP contribution in [-0.4, -0.2) is 35.0 Å². The Kier molecular flexibility index (Phi) is 6.51. The molecule has 0 heterocycles. The molecule has 0 saturated heterocycles. The summed E-state index contributed by atoms with van der Waals surface area (Å²) in [5.41, 5.74) is 2.03. The summed E-state index contributed by atoms with van der Waals surface area (Å²) in [6, 6.07) is 3.19. The molecule has 8 heteroatoms. The lowest BCUT2D eigenvalue weighted by atomic mass is 9.99. The second-order valence-electron chi connectivity index (χ2n) is 5.52. The van der Waals surface area contributed by atoms with E-state index >= 15 is 0 Å². The molecule has 0 bridgehead atoms. The number of amides is 1. The van der Waals surface area contributed by atoms with E-state index in [1.54, 1.807) is 31.3 Å². The van der Waals surface area contributed by atoms with Crippen LogP contribution < -0.4 is 5.32 Å². The van der Waals surface area contributed by atoms with E-state index in [9.17, 15) is 27.6 Å². The number of carbonyl (C=O) groups excluding carboxylic acids is 2. The van der Waals surface area contributed by atoms with Crippen LogP contribution in [0.4, 0.5) is 13.2 Å². The number of rotatable bonds is 7. The Balaban J connectivity index is 2.63. The SMILES string of the molecule is Cc1ccc(C)c(C(=O)CCC(=O)NC(CC(F)(F)F)C(=O)O)c1. The van der Waals surface area contributed by atoms with Gasteiger partial charge in [-0.05, 0) is 25.5 Å². The second-order valence-corrected chi connectivity index (χ2v) is 5.52. The van der Waals surface area contributed by atoms with Gasteiger partial charge in [0.25, 0.3) is 0 Å². The molecule has 0 aliphatic heterocycles. The molecule has 1 unspecified atom stereocenters. The van der Waals surface area contributed by atoms with Gasteiger partial charge in [0, 0.05) is 18.4 Å². The molecule has 0 aliphatic carbocycles. The van der Waals surface area contributed by atoms with Crippen molar-refractivity contribution in [2.75, 3.05) is 0 Å². The highest BCUT2D eigenvalue weighted by molar-refractivity contribution is 5.99. The Hall–Kier alpha value is -2.38. The summed E-state index contributed by atoms with van der Waals surface area (Å²) in [6.45, 7) is 3.54. The highest BCUT2D eigenvalue weighted by Crippen LogP contribution is 2.22. The van der Waals surface area contributed by atoms with E-state index < -0.39 is 30.5 Å². The molecule has 24 heavy (non-hydrogen) atoms. The van der Waals surface area contributed by atoms with Crippen LogP contribution in [0.2, 0.25) is 0 Å². The molecule has 0 aromatic heterocycles. The van der Waals surface area contributed by atoms with Gasteiger partial charge in [-0.25, -0.2) is 4.79 Å². The first-order valence-corrected chi connectivity index (χ1v) is 7.19. The lowest BCUT2D eigenvalue weighted by molar-refractivity contribution is -0.160. The largest absolute Gasteiger partial charge is 0.480 e. The zero-order chi connectivity index (χ0) is 18.5. The topological polar surface area (TPSA) is 83.5 Å². The van der Waals surface area contributed by atoms with E-state index in [-0.39, 0.29) is 18.6 Å². The number of ketones is 1. The second kappa shape index (κ2) is 7.94. The van der Waals surface area contributed by atoms with Crippen LogP contribution in [0.3, 0.4) is 0 Å². The summed E-state index contributed by atoms with van der Waals surface area (Å²) in [4.78, 5) is 34.5. The number of Topliss-reactive ketones (excluding diaryl/α,β-unsaturated/α-hetero) is 1. The van der Waals surface area contributed by atoms with Gasteiger partial charge < -0.3 is 10.4 Å². The van der Waals surface area contributed by atoms with Gasteiger partial charge >= 0.3 is 12.1 Å². The average molecular weight is 345 g/mol. The molecule has 1 atom stereocenters. The number of carboxylic acid groups (broad SMARTS) is 1. The van der Waals surface area contributed by atoms with Crippen LogP contribution in [-0.2, 0) is 9.59 Å². The van der Waals surface area contributed by atoms with Gasteiger partial charge in [-0.1, -0.05) is 17.7 Å². The first kappa shape index (κ1) is 19.7. The molecule has 0 fully saturated rings. The van der Waals surface area contributed by atoms with Crippen molar-refractivity contribution in [3.8, 4) is 0 Å². The molecule has 5 nitrogen and oxygen atoms in total. The maximum absolute atomic E-state index is 12.3. The lowest BCUT2D eigenvalue weighted by Crippen LogP contribution is -2.43. The molecule has 1 aromatic carbocycles. The zero-order valence-corrected chi connectivity index (χ0v) is 13.2. The van der Waals surface area contributed by atoms with E-state index in [1.165, 1.54) is 0 Å². The van der Waals surface area contributed by atoms with Crippen LogP contribution >= 0.6 is 0 Å². The Morgan fingerprint density at radius 1 is 1.17 bits per heavy atom. The van der Waals surface area contributed by atoms with Crippen molar-refractivity contribution in [1.29, 1.82) is 0 Å². The lowest BCUT2D eigenvalue weighted by Gasteiger charge is -2.16. The van der Waals surface area contributed by atoms with Crippen LogP contribution in [0.5, 0.6) is 0 Å². The Morgan fingerprint density at radius 2 is 1.79 bits per heavy atom. The number of aliphatic carboxylic acids is 1. The highest BCUT2D eigenvalue weighted by atomic mass is 19.4. The average Bonchev–Trinajstić information content (AvgIpc) is 2.45. The molecule has 0 spiro atoms. The zero-order valence-electron chi connectivity index (χ0n) is 13.2. The third-order valence-corrected chi connectivity index (χ3v) is 3.34. The van der Waals surface area contributed by atoms with E-state index in [4.69, 9.17) is 5.11 Å². The summed E-state index contributed by atoms with van der Waals surface area (Å²) in [7, 11) is 0. The Bertz CT molecular complexity index is 641. The smallest absolute Gasteiger partial charge is 0.391 e. The summed E-state index contributed by atoms with van der Waals surface area (Å²) < 4.78 is 36.8. The van der Waals surface area contributed by atoms with Gasteiger partial charge in [0.15, 0.2) is 5.78 Å². The van der Waals surface area contributed by atoms with Crippen LogP contribution in [0.25, 0.3) is 0 Å². The first-order valence-electron chi connectivity index (χ1n) is 7.19. The Morgan fingerprint density at radius 3 is 2.33 bits per heavy atom. The van der Waals surface area contributed by atoms with E-state index in [1.807, 2.05) is 6.07 Å². The fourth-order valence-corrected chi connectivity index (χ4v) is 2.10. The number of hydrogen-bond acceptors (Lipinski definition) is 3. The van der Waals surface area contributed by atoms with E-state index in [0.717, 1.165) is 11.1 Å². The third kappa shape index (κ3) is 6.39. The fourth-order valence-electron chi connectivity index (χ4n) is 2.10. The molecule has 1 amide bonds. The predicted molar refractivity (Wildman–Crippen MR) is 79.7 cm³/mol. The van der Waals surface area contributed by atoms with Gasteiger partial charge in [0.1, 0.15) is 6.04 Å². The summed E-state index contributed by atoms with van der Waals surface area (Å²) in [6.07, 6.45) is -6.98. The summed E-state index contributed by atoms with van der Waals surface area (Å²) >= 11 is 0. The van der Waals surface area contributed by atoms with Gasteiger partial charge in [0.2, 0.25) is 5.91 Å². The molecule has 0 aliphatic rings. The number of alkyl halides is 3. The predicted octanol–water partition coefficient (Wildman–Crippen LogP) is 2.79. The number of hydrogen-bond donors (Lipinski definition) is 2. The van der Waals surface area contributed by atoms with Crippen molar-refractivity contribution in [2.45, 2.75) is 45.3 Å². The maximum Gasteiger partial charge on any atom is 0.391 e. The molecule has 1 rings (SSSR count). The summed E-state index contributed by atoms with van der Waals surface area (Å²) in [5, 5.41) is 10.5. The fraction of sp³-hybridized carbons (Fsp3) is 0.438. The van der Waals surface area contributed by atoms with Gasteiger partial charge in [0.05, 0.1) is 6.42 Å².